The van der Waals surface area contributed by atoms with Gasteiger partial charge in [0.25, 0.3) is 0 Å². The number of hydrogen-bond donors (Lipinski definition) is 0. The number of fused-ring (bicyclic) bond motifs is 2. The lowest BCUT2D eigenvalue weighted by molar-refractivity contribution is -0.271. The maximum Gasteiger partial charge on any atom is 0.0781 e. The molecule has 8 aromatic rings. The highest BCUT2D eigenvalue weighted by Crippen LogP contribution is 2.61. The normalized spacial score (nSPS) is 12.0. The second-order valence-electron chi connectivity index (χ2n) is 13.1. The highest BCUT2D eigenvalue weighted by molar-refractivity contribution is 8.48. The molecule has 0 bridgehead atoms. The molecule has 0 aliphatic rings. The van der Waals surface area contributed by atoms with E-state index in [0.29, 0.717) is 34.6 Å². The molecular formula is C46H34O2P2S2-2. The Kier molecular flexibility index (Phi) is 9.60. The highest BCUT2D eigenvalue weighted by atomic mass is 32.7. The molecule has 0 N–H and O–H groups in total. The first kappa shape index (κ1) is 34.5. The summed E-state index contributed by atoms with van der Waals surface area (Å²) in [6.45, 7) is -4.96. The van der Waals surface area contributed by atoms with Crippen LogP contribution >= 0.6 is 12.9 Å². The second-order valence-corrected chi connectivity index (χ2v) is 22.5. The molecule has 0 aliphatic carbocycles. The molecule has 52 heavy (non-hydrogen) atoms. The topological polar surface area (TPSA) is 46.1 Å². The maximum atomic E-state index is 15.2. The fraction of sp³-hybridized carbons (Fsp3) is 0.0435. The van der Waals surface area contributed by atoms with Crippen LogP contribution < -0.4 is 31.4 Å². The minimum Gasteiger partial charge on any atom is -0.872 e. The smallest absolute Gasteiger partial charge is 0.0781 e. The summed E-state index contributed by atoms with van der Waals surface area (Å²) >= 11 is 13.3. The Morgan fingerprint density at radius 3 is 0.942 bits per heavy atom. The molecule has 0 aromatic heterocycles. The standard InChI is InChI=1S/C46H36O2P2S2/c47-45-35(31-49(51,37-19-5-1-6-20-37)38-21-7-2-8-22-38)29-33-17-13-15-27-41(33)43(45)44-42-28-16-14-18-34(42)30-36(46(44)48)32-50(52,39-23-9-3-10-24-39)40-25-11-4-12-26-40/h1-30,47-48H,31-32H2/p-2. The van der Waals surface area contributed by atoms with Crippen molar-refractivity contribution in [3.05, 3.63) is 193 Å². The van der Waals surface area contributed by atoms with Crippen LogP contribution in [0, 0.1) is 0 Å². The van der Waals surface area contributed by atoms with Gasteiger partial charge in [0, 0.05) is 0 Å². The minimum atomic E-state index is -2.48. The summed E-state index contributed by atoms with van der Waals surface area (Å²) < 4.78 is 0. The summed E-state index contributed by atoms with van der Waals surface area (Å²) in [4.78, 5) is 0. The molecule has 0 amide bonds. The summed E-state index contributed by atoms with van der Waals surface area (Å²) in [6, 6.07) is 60.5. The van der Waals surface area contributed by atoms with E-state index in [1.165, 1.54) is 0 Å². The Labute approximate surface area is 316 Å². The average Bonchev–Trinajstić information content (AvgIpc) is 3.20. The third-order valence-electron chi connectivity index (χ3n) is 9.89. The van der Waals surface area contributed by atoms with E-state index in [-0.39, 0.29) is 11.5 Å². The van der Waals surface area contributed by atoms with Crippen LogP contribution in [-0.4, -0.2) is 0 Å². The van der Waals surface area contributed by atoms with Crippen molar-refractivity contribution in [3.8, 4) is 22.6 Å². The quantitative estimate of drug-likeness (QED) is 0.109. The zero-order valence-corrected chi connectivity index (χ0v) is 31.7. The van der Waals surface area contributed by atoms with Gasteiger partial charge in [-0.1, -0.05) is 133 Å². The van der Waals surface area contributed by atoms with Gasteiger partial charge in [-0.25, -0.2) is 0 Å². The Morgan fingerprint density at radius 1 is 0.365 bits per heavy atom. The van der Waals surface area contributed by atoms with Gasteiger partial charge in [-0.05, 0) is 117 Å². The van der Waals surface area contributed by atoms with Gasteiger partial charge in [-0.2, -0.15) is 0 Å². The van der Waals surface area contributed by atoms with Crippen LogP contribution in [0.2, 0.25) is 0 Å². The van der Waals surface area contributed by atoms with Gasteiger partial charge in [0.2, 0.25) is 0 Å². The Morgan fingerprint density at radius 2 is 0.635 bits per heavy atom. The molecule has 0 saturated carbocycles. The van der Waals surface area contributed by atoms with Crippen LogP contribution in [0.5, 0.6) is 11.5 Å². The molecule has 0 unspecified atom stereocenters. The molecule has 254 valence electrons. The minimum absolute atomic E-state index is 0.148. The number of benzene rings is 8. The van der Waals surface area contributed by atoms with Crippen LogP contribution in [0.25, 0.3) is 32.7 Å². The van der Waals surface area contributed by atoms with Gasteiger partial charge >= 0.3 is 0 Å². The van der Waals surface area contributed by atoms with Crippen molar-refractivity contribution >= 4 is 80.2 Å². The predicted molar refractivity (Wildman–Crippen MR) is 226 cm³/mol. The SMILES string of the molecule is [O-]c1c(C[P+]([S-])(c2ccccc2)c2ccccc2)cc2ccccc2c1-c1c([O-])c(C[P+]([S-])(c2ccccc2)c2ccccc2)cc2ccccc12. The zero-order valence-electron chi connectivity index (χ0n) is 28.3. The molecule has 0 fully saturated rings. The van der Waals surface area contributed by atoms with E-state index in [2.05, 4.69) is 48.5 Å². The van der Waals surface area contributed by atoms with E-state index >= 15 is 10.2 Å². The van der Waals surface area contributed by atoms with Gasteiger partial charge in [0.1, 0.15) is 0 Å². The third kappa shape index (κ3) is 6.29. The van der Waals surface area contributed by atoms with E-state index in [1.54, 1.807) is 0 Å². The monoisotopic (exact) mass is 744 g/mol. The highest BCUT2D eigenvalue weighted by Gasteiger charge is 2.32. The molecule has 6 heteroatoms. The van der Waals surface area contributed by atoms with Crippen molar-refractivity contribution in [2.24, 2.45) is 0 Å². The van der Waals surface area contributed by atoms with Gasteiger partial charge in [-0.15, -0.1) is 0 Å². The molecule has 0 atom stereocenters. The average molecular weight is 745 g/mol. The molecule has 0 spiro atoms. The van der Waals surface area contributed by atoms with Crippen LogP contribution in [-0.2, 0) is 36.8 Å². The van der Waals surface area contributed by atoms with Gasteiger partial charge in [0.05, 0.1) is 33.5 Å². The summed E-state index contributed by atoms with van der Waals surface area (Å²) in [5, 5.41) is 37.9. The molecule has 0 heterocycles. The molecule has 0 saturated heterocycles. The summed E-state index contributed by atoms with van der Waals surface area (Å²) in [7, 11) is 0. The van der Waals surface area contributed by atoms with E-state index in [0.717, 1.165) is 42.8 Å². The third-order valence-corrected chi connectivity index (χ3v) is 19.3. The largest absolute Gasteiger partial charge is 0.872 e. The van der Waals surface area contributed by atoms with Gasteiger partial charge < -0.3 is 34.7 Å². The van der Waals surface area contributed by atoms with Crippen LogP contribution in [0.1, 0.15) is 11.1 Å². The lowest BCUT2D eigenvalue weighted by atomic mass is 9.89. The number of rotatable bonds is 9. The van der Waals surface area contributed by atoms with Crippen molar-refractivity contribution in [2.75, 3.05) is 0 Å². The summed E-state index contributed by atoms with van der Waals surface area (Å²) in [5.74, 6) is -0.297. The maximum absolute atomic E-state index is 15.2. The Bertz CT molecular complexity index is 2250. The second kappa shape index (κ2) is 14.5. The summed E-state index contributed by atoms with van der Waals surface area (Å²) in [5.41, 5.74) is 2.12. The van der Waals surface area contributed by atoms with Crippen LogP contribution in [0.3, 0.4) is 0 Å². The van der Waals surface area contributed by atoms with Gasteiger partial charge in [0.15, 0.2) is 0 Å². The predicted octanol–water partition coefficient (Wildman–Crippen LogP) is 9.07. The van der Waals surface area contributed by atoms with Crippen molar-refractivity contribution in [1.29, 1.82) is 0 Å². The zero-order chi connectivity index (χ0) is 35.7. The lowest BCUT2D eigenvalue weighted by Crippen LogP contribution is -2.22. The van der Waals surface area contributed by atoms with E-state index in [4.69, 9.17) is 24.5 Å². The van der Waals surface area contributed by atoms with Crippen LogP contribution in [0.15, 0.2) is 182 Å². The van der Waals surface area contributed by atoms with Crippen molar-refractivity contribution in [1.82, 2.24) is 0 Å². The molecule has 8 aromatic carbocycles. The van der Waals surface area contributed by atoms with Crippen LogP contribution in [0.4, 0.5) is 0 Å². The fourth-order valence-electron chi connectivity index (χ4n) is 7.32. The molecule has 8 rings (SSSR count). The first-order valence-electron chi connectivity index (χ1n) is 17.2. The first-order chi connectivity index (χ1) is 25.4. The Hall–Kier alpha value is -4.56. The van der Waals surface area contributed by atoms with E-state index < -0.39 is 12.9 Å². The molecule has 0 aliphatic heterocycles. The molecule has 2 nitrogen and oxygen atoms in total. The summed E-state index contributed by atoms with van der Waals surface area (Å²) in [6.07, 6.45) is 0.781. The molecule has 0 radical (unpaired) electrons. The number of hydrogen-bond acceptors (Lipinski definition) is 4. The van der Waals surface area contributed by atoms with Crippen molar-refractivity contribution in [2.45, 2.75) is 12.3 Å². The lowest BCUT2D eigenvalue weighted by Gasteiger charge is -2.36. The molecular weight excluding hydrogens is 711 g/mol. The fourth-order valence-corrected chi connectivity index (χ4v) is 15.0. The van der Waals surface area contributed by atoms with Crippen molar-refractivity contribution in [3.63, 3.8) is 0 Å². The van der Waals surface area contributed by atoms with E-state index in [9.17, 15) is 0 Å². The Balaban J connectivity index is 1.37. The van der Waals surface area contributed by atoms with Crippen molar-refractivity contribution < 1.29 is 10.2 Å². The van der Waals surface area contributed by atoms with Gasteiger partial charge in [-0.3, -0.25) is 0 Å². The first-order valence-corrected chi connectivity index (χ1v) is 23.2. The van der Waals surface area contributed by atoms with E-state index in [1.807, 2.05) is 133 Å².